The summed E-state index contributed by atoms with van der Waals surface area (Å²) in [4.78, 5) is 23.0. The smallest absolute Gasteiger partial charge is 0.314 e. The van der Waals surface area contributed by atoms with E-state index in [-0.39, 0.29) is 5.78 Å². The van der Waals surface area contributed by atoms with Crippen LogP contribution in [-0.4, -0.2) is 24.0 Å². The van der Waals surface area contributed by atoms with Crippen LogP contribution in [0.25, 0.3) is 0 Å². The molecule has 4 heteroatoms. The monoisotopic (exact) mass is 248 g/mol. The van der Waals surface area contributed by atoms with Gasteiger partial charge in [-0.3, -0.25) is 9.59 Å². The molecule has 0 amide bonds. The predicted molar refractivity (Wildman–Crippen MR) is 65.8 cm³/mol. The van der Waals surface area contributed by atoms with Gasteiger partial charge in [0, 0.05) is 18.4 Å². The first-order valence-corrected chi connectivity index (χ1v) is 5.99. The van der Waals surface area contributed by atoms with Crippen molar-refractivity contribution in [2.45, 2.75) is 31.1 Å². The van der Waals surface area contributed by atoms with E-state index in [0.29, 0.717) is 37.0 Å². The maximum absolute atomic E-state index is 11.7. The Balaban J connectivity index is 2.47. The van der Waals surface area contributed by atoms with Gasteiger partial charge in [-0.2, -0.15) is 0 Å². The first-order chi connectivity index (χ1) is 8.60. The molecule has 1 N–H and O–H groups in total. The molecule has 4 nitrogen and oxygen atoms in total. The average Bonchev–Trinajstić information content (AvgIpc) is 2.39. The summed E-state index contributed by atoms with van der Waals surface area (Å²) in [6.45, 7) is 0. The summed E-state index contributed by atoms with van der Waals surface area (Å²) in [5.41, 5.74) is -0.312. The molecule has 0 spiro atoms. The Morgan fingerprint density at radius 3 is 2.44 bits per heavy atom. The Kier molecular flexibility index (Phi) is 3.36. The SMILES string of the molecule is COc1ccccc1C1(C(=O)O)CCC(=O)CC1. The number of aliphatic carboxylic acids is 1. The molecule has 2 rings (SSSR count). The van der Waals surface area contributed by atoms with Gasteiger partial charge in [0.15, 0.2) is 0 Å². The number of ether oxygens (including phenoxy) is 1. The second-order valence-electron chi connectivity index (χ2n) is 4.63. The third-order valence-corrected chi connectivity index (χ3v) is 3.69. The highest BCUT2D eigenvalue weighted by molar-refractivity contribution is 5.88. The second kappa shape index (κ2) is 4.80. The Hall–Kier alpha value is -1.84. The molecule has 0 aromatic heterocycles. The summed E-state index contributed by atoms with van der Waals surface area (Å²) >= 11 is 0. The van der Waals surface area contributed by atoms with Crippen molar-refractivity contribution in [2.75, 3.05) is 7.11 Å². The van der Waals surface area contributed by atoms with Crippen molar-refractivity contribution in [3.05, 3.63) is 29.8 Å². The molecule has 0 bridgehead atoms. The van der Waals surface area contributed by atoms with Gasteiger partial charge in [-0.1, -0.05) is 18.2 Å². The maximum atomic E-state index is 11.7. The zero-order chi connectivity index (χ0) is 13.2. The lowest BCUT2D eigenvalue weighted by atomic mass is 9.69. The second-order valence-corrected chi connectivity index (χ2v) is 4.63. The predicted octanol–water partition coefficient (Wildman–Crippen LogP) is 2.16. The lowest BCUT2D eigenvalue weighted by Gasteiger charge is -2.33. The van der Waals surface area contributed by atoms with Gasteiger partial charge in [0.2, 0.25) is 0 Å². The van der Waals surface area contributed by atoms with E-state index in [1.165, 1.54) is 7.11 Å². The van der Waals surface area contributed by atoms with Gasteiger partial charge in [-0.25, -0.2) is 0 Å². The van der Waals surface area contributed by atoms with E-state index in [9.17, 15) is 14.7 Å². The van der Waals surface area contributed by atoms with Crippen molar-refractivity contribution in [3.63, 3.8) is 0 Å². The van der Waals surface area contributed by atoms with E-state index in [1.54, 1.807) is 18.2 Å². The van der Waals surface area contributed by atoms with Crippen LogP contribution in [0.3, 0.4) is 0 Å². The molecule has 1 fully saturated rings. The third-order valence-electron chi connectivity index (χ3n) is 3.69. The number of carbonyl (C=O) groups is 2. The zero-order valence-electron chi connectivity index (χ0n) is 10.3. The minimum absolute atomic E-state index is 0.141. The molecule has 0 saturated heterocycles. The fourth-order valence-electron chi connectivity index (χ4n) is 2.59. The molecule has 0 radical (unpaired) electrons. The number of hydrogen-bond donors (Lipinski definition) is 1. The molecule has 0 heterocycles. The summed E-state index contributed by atoms with van der Waals surface area (Å²) in [6, 6.07) is 7.16. The number of para-hydroxylation sites is 1. The van der Waals surface area contributed by atoms with E-state index in [2.05, 4.69) is 0 Å². The molecule has 0 aliphatic heterocycles. The van der Waals surface area contributed by atoms with Crippen LogP contribution < -0.4 is 4.74 Å². The average molecular weight is 248 g/mol. The highest BCUT2D eigenvalue weighted by Crippen LogP contribution is 2.42. The van der Waals surface area contributed by atoms with Crippen LogP contribution in [0.5, 0.6) is 5.75 Å². The molecular formula is C14H16O4. The number of rotatable bonds is 3. The summed E-state index contributed by atoms with van der Waals surface area (Å²) in [5.74, 6) is -0.157. The Morgan fingerprint density at radius 1 is 1.28 bits per heavy atom. The lowest BCUT2D eigenvalue weighted by Crippen LogP contribution is -2.40. The van der Waals surface area contributed by atoms with Crippen LogP contribution in [0.2, 0.25) is 0 Å². The van der Waals surface area contributed by atoms with Gasteiger partial charge in [0.05, 0.1) is 12.5 Å². The van der Waals surface area contributed by atoms with Gasteiger partial charge in [0.25, 0.3) is 0 Å². The maximum Gasteiger partial charge on any atom is 0.314 e. The van der Waals surface area contributed by atoms with Crippen molar-refractivity contribution < 1.29 is 19.4 Å². The molecule has 18 heavy (non-hydrogen) atoms. The molecular weight excluding hydrogens is 232 g/mol. The van der Waals surface area contributed by atoms with Gasteiger partial charge < -0.3 is 9.84 Å². The van der Waals surface area contributed by atoms with Crippen molar-refractivity contribution >= 4 is 11.8 Å². The van der Waals surface area contributed by atoms with Crippen molar-refractivity contribution in [1.82, 2.24) is 0 Å². The minimum Gasteiger partial charge on any atom is -0.496 e. The molecule has 1 saturated carbocycles. The van der Waals surface area contributed by atoms with Gasteiger partial charge in [-0.05, 0) is 18.9 Å². The summed E-state index contributed by atoms with van der Waals surface area (Å²) in [5, 5.41) is 9.58. The van der Waals surface area contributed by atoms with Crippen LogP contribution in [-0.2, 0) is 15.0 Å². The van der Waals surface area contributed by atoms with Crippen molar-refractivity contribution in [3.8, 4) is 5.75 Å². The Morgan fingerprint density at radius 2 is 1.89 bits per heavy atom. The third kappa shape index (κ3) is 1.98. The van der Waals surface area contributed by atoms with E-state index in [1.807, 2.05) is 6.07 Å². The Labute approximate surface area is 106 Å². The topological polar surface area (TPSA) is 63.6 Å². The van der Waals surface area contributed by atoms with Crippen LogP contribution in [0.4, 0.5) is 0 Å². The fourth-order valence-corrected chi connectivity index (χ4v) is 2.59. The highest BCUT2D eigenvalue weighted by Gasteiger charge is 2.44. The molecule has 1 aliphatic carbocycles. The number of methoxy groups -OCH3 is 1. The molecule has 0 atom stereocenters. The zero-order valence-corrected chi connectivity index (χ0v) is 10.3. The number of ketones is 1. The van der Waals surface area contributed by atoms with E-state index >= 15 is 0 Å². The largest absolute Gasteiger partial charge is 0.496 e. The number of carboxylic acids is 1. The van der Waals surface area contributed by atoms with Crippen molar-refractivity contribution in [2.24, 2.45) is 0 Å². The number of hydrogen-bond acceptors (Lipinski definition) is 3. The number of Topliss-reactive ketones (excluding diaryl/α,β-unsaturated/α-hetero) is 1. The summed E-state index contributed by atoms with van der Waals surface area (Å²) < 4.78 is 5.25. The summed E-state index contributed by atoms with van der Waals surface area (Å²) in [7, 11) is 1.53. The summed E-state index contributed by atoms with van der Waals surface area (Å²) in [6.07, 6.45) is 1.35. The lowest BCUT2D eigenvalue weighted by molar-refractivity contribution is -0.146. The van der Waals surface area contributed by atoms with Crippen LogP contribution in [0.15, 0.2) is 24.3 Å². The first kappa shape index (κ1) is 12.6. The van der Waals surface area contributed by atoms with Gasteiger partial charge >= 0.3 is 5.97 Å². The fraction of sp³-hybridized carbons (Fsp3) is 0.429. The standard InChI is InChI=1S/C14H16O4/c1-18-12-5-3-2-4-11(12)14(13(16)17)8-6-10(15)7-9-14/h2-5H,6-9H2,1H3,(H,16,17). The number of carbonyl (C=O) groups excluding carboxylic acids is 1. The van der Waals surface area contributed by atoms with E-state index < -0.39 is 11.4 Å². The van der Waals surface area contributed by atoms with E-state index in [4.69, 9.17) is 4.74 Å². The van der Waals surface area contributed by atoms with Crippen molar-refractivity contribution in [1.29, 1.82) is 0 Å². The van der Waals surface area contributed by atoms with Crippen LogP contribution in [0.1, 0.15) is 31.2 Å². The van der Waals surface area contributed by atoms with Crippen LogP contribution >= 0.6 is 0 Å². The Bertz CT molecular complexity index is 468. The highest BCUT2D eigenvalue weighted by atomic mass is 16.5. The van der Waals surface area contributed by atoms with Crippen LogP contribution in [0, 0.1) is 0 Å². The first-order valence-electron chi connectivity index (χ1n) is 5.99. The number of benzene rings is 1. The van der Waals surface area contributed by atoms with Gasteiger partial charge in [0.1, 0.15) is 11.5 Å². The normalized spacial score (nSPS) is 18.4. The minimum atomic E-state index is -0.986. The van der Waals surface area contributed by atoms with E-state index in [0.717, 1.165) is 0 Å². The quantitative estimate of drug-likeness (QED) is 0.890. The molecule has 1 aliphatic rings. The molecule has 1 aromatic rings. The van der Waals surface area contributed by atoms with Gasteiger partial charge in [-0.15, -0.1) is 0 Å². The molecule has 1 aromatic carbocycles. The number of carboxylic acid groups (broad SMARTS) is 1. The molecule has 96 valence electrons. The molecule has 0 unspecified atom stereocenters.